The Morgan fingerprint density at radius 2 is 1.36 bits per heavy atom. The molecule has 0 aliphatic rings. The normalized spacial score (nSPS) is 18.5. The SMILES string of the molecule is CC(N)(N)C(N)C(N)C(N)N. The summed E-state index contributed by atoms with van der Waals surface area (Å²) < 4.78 is 0. The van der Waals surface area contributed by atoms with Crippen molar-refractivity contribution in [3.63, 3.8) is 0 Å². The van der Waals surface area contributed by atoms with E-state index in [1.165, 1.54) is 0 Å². The highest BCUT2D eigenvalue weighted by atomic mass is 15.1. The molecule has 11 heavy (non-hydrogen) atoms. The van der Waals surface area contributed by atoms with E-state index in [2.05, 4.69) is 0 Å². The maximum absolute atomic E-state index is 5.56. The molecule has 0 saturated heterocycles. The van der Waals surface area contributed by atoms with Gasteiger partial charge in [0.15, 0.2) is 0 Å². The second kappa shape index (κ2) is 3.44. The first kappa shape index (κ1) is 10.8. The van der Waals surface area contributed by atoms with Gasteiger partial charge in [0.25, 0.3) is 0 Å². The number of hydrogen-bond donors (Lipinski definition) is 6. The van der Waals surface area contributed by atoms with Crippen LogP contribution < -0.4 is 34.4 Å². The maximum Gasteiger partial charge on any atom is 0.0779 e. The minimum absolute atomic E-state index is 0.588. The molecule has 0 aliphatic heterocycles. The fourth-order valence-electron chi connectivity index (χ4n) is 0.654. The van der Waals surface area contributed by atoms with Crippen LogP contribution in [0.5, 0.6) is 0 Å². The zero-order valence-corrected chi connectivity index (χ0v) is 6.70. The highest BCUT2D eigenvalue weighted by Crippen LogP contribution is 1.99. The van der Waals surface area contributed by atoms with Crippen LogP contribution in [0.25, 0.3) is 0 Å². The summed E-state index contributed by atoms with van der Waals surface area (Å²) in [7, 11) is 0. The molecule has 0 aliphatic carbocycles. The molecule has 0 radical (unpaired) electrons. The second-order valence-electron chi connectivity index (χ2n) is 3.05. The summed E-state index contributed by atoms with van der Waals surface area (Å²) in [6.45, 7) is 1.57. The first-order valence-electron chi connectivity index (χ1n) is 3.37. The molecule has 0 aromatic heterocycles. The van der Waals surface area contributed by atoms with E-state index in [1.807, 2.05) is 0 Å². The largest absolute Gasteiger partial charge is 0.324 e. The predicted octanol–water partition coefficient (Wildman–Crippen LogP) is -3.48. The topological polar surface area (TPSA) is 156 Å². The van der Waals surface area contributed by atoms with Gasteiger partial charge in [0.05, 0.1) is 23.9 Å². The van der Waals surface area contributed by atoms with Crippen molar-refractivity contribution in [1.82, 2.24) is 0 Å². The zero-order valence-electron chi connectivity index (χ0n) is 6.70. The van der Waals surface area contributed by atoms with Gasteiger partial charge in [0.1, 0.15) is 0 Å². The molecular formula is C5H18N6. The van der Waals surface area contributed by atoms with Crippen molar-refractivity contribution in [2.24, 2.45) is 34.4 Å². The Labute approximate surface area is 66.2 Å². The first-order valence-corrected chi connectivity index (χ1v) is 3.37. The van der Waals surface area contributed by atoms with E-state index in [0.29, 0.717) is 0 Å². The van der Waals surface area contributed by atoms with Crippen LogP contribution in [-0.2, 0) is 0 Å². The average molecular weight is 162 g/mol. The van der Waals surface area contributed by atoms with E-state index in [4.69, 9.17) is 34.4 Å². The van der Waals surface area contributed by atoms with Crippen molar-refractivity contribution in [2.45, 2.75) is 30.8 Å². The maximum atomic E-state index is 5.56. The molecule has 0 saturated carbocycles. The van der Waals surface area contributed by atoms with Crippen LogP contribution in [-0.4, -0.2) is 23.9 Å². The lowest BCUT2D eigenvalue weighted by Gasteiger charge is -2.33. The summed E-state index contributed by atoms with van der Waals surface area (Å²) >= 11 is 0. The van der Waals surface area contributed by atoms with Crippen molar-refractivity contribution < 1.29 is 0 Å². The molecule has 0 fully saturated rings. The summed E-state index contributed by atoms with van der Waals surface area (Å²) in [6.07, 6.45) is -0.698. The Morgan fingerprint density at radius 3 is 1.45 bits per heavy atom. The van der Waals surface area contributed by atoms with Crippen LogP contribution in [0.2, 0.25) is 0 Å². The molecule has 0 amide bonds. The summed E-state index contributed by atoms with van der Waals surface area (Å²) in [5.41, 5.74) is 31.6. The zero-order chi connectivity index (χ0) is 9.23. The van der Waals surface area contributed by atoms with Gasteiger partial charge in [-0.25, -0.2) is 0 Å². The smallest absolute Gasteiger partial charge is 0.0779 e. The molecule has 0 rings (SSSR count). The molecule has 0 bridgehead atoms. The van der Waals surface area contributed by atoms with E-state index in [9.17, 15) is 0 Å². The Bertz CT molecular complexity index is 117. The number of nitrogens with two attached hydrogens (primary N) is 6. The molecule has 12 N–H and O–H groups in total. The third kappa shape index (κ3) is 3.10. The van der Waals surface area contributed by atoms with E-state index < -0.39 is 23.9 Å². The van der Waals surface area contributed by atoms with Gasteiger partial charge < -0.3 is 34.4 Å². The lowest BCUT2D eigenvalue weighted by atomic mass is 9.96. The van der Waals surface area contributed by atoms with Crippen molar-refractivity contribution in [3.8, 4) is 0 Å². The van der Waals surface area contributed by atoms with Crippen LogP contribution in [0.4, 0.5) is 0 Å². The van der Waals surface area contributed by atoms with Gasteiger partial charge in [-0.05, 0) is 6.92 Å². The van der Waals surface area contributed by atoms with Crippen molar-refractivity contribution in [2.75, 3.05) is 0 Å². The van der Waals surface area contributed by atoms with Crippen molar-refractivity contribution in [3.05, 3.63) is 0 Å². The molecule has 0 aromatic carbocycles. The van der Waals surface area contributed by atoms with Crippen LogP contribution in [0.1, 0.15) is 6.92 Å². The number of rotatable bonds is 3. The summed E-state index contributed by atoms with van der Waals surface area (Å²) in [6, 6.07) is -1.20. The lowest BCUT2D eigenvalue weighted by Crippen LogP contribution is -2.70. The summed E-state index contributed by atoms with van der Waals surface area (Å²) in [4.78, 5) is 0. The standard InChI is InChI=1S/C5H18N6/c1-5(10,11)3(7)2(6)4(8)9/h2-4H,6-11H2,1H3. The predicted molar refractivity (Wildman–Crippen MR) is 44.9 cm³/mol. The number of hydrogen-bond acceptors (Lipinski definition) is 6. The lowest BCUT2D eigenvalue weighted by molar-refractivity contribution is 0.313. The van der Waals surface area contributed by atoms with Crippen LogP contribution in [0.15, 0.2) is 0 Å². The van der Waals surface area contributed by atoms with Gasteiger partial charge in [-0.3, -0.25) is 0 Å². The fraction of sp³-hybridized carbons (Fsp3) is 1.00. The average Bonchev–Trinajstić information content (AvgIpc) is 1.82. The monoisotopic (exact) mass is 162 g/mol. The van der Waals surface area contributed by atoms with Gasteiger partial charge in [-0.1, -0.05) is 0 Å². The minimum atomic E-state index is -1.05. The third-order valence-electron chi connectivity index (χ3n) is 1.58. The molecular weight excluding hydrogens is 144 g/mol. The second-order valence-corrected chi connectivity index (χ2v) is 3.05. The quantitative estimate of drug-likeness (QED) is 0.237. The Kier molecular flexibility index (Phi) is 3.36. The van der Waals surface area contributed by atoms with Crippen LogP contribution in [0, 0.1) is 0 Å². The molecule has 2 unspecified atom stereocenters. The molecule has 0 spiro atoms. The summed E-state index contributed by atoms with van der Waals surface area (Å²) in [5.74, 6) is 0. The molecule has 68 valence electrons. The molecule has 2 atom stereocenters. The van der Waals surface area contributed by atoms with E-state index in [-0.39, 0.29) is 0 Å². The van der Waals surface area contributed by atoms with Gasteiger partial charge in [0.2, 0.25) is 0 Å². The van der Waals surface area contributed by atoms with E-state index in [0.717, 1.165) is 0 Å². The molecule has 0 heterocycles. The summed E-state index contributed by atoms with van der Waals surface area (Å²) in [5, 5.41) is 0. The molecule has 0 aromatic rings. The van der Waals surface area contributed by atoms with Gasteiger partial charge in [-0.2, -0.15) is 0 Å². The van der Waals surface area contributed by atoms with E-state index >= 15 is 0 Å². The van der Waals surface area contributed by atoms with Crippen LogP contribution in [0.3, 0.4) is 0 Å². The Morgan fingerprint density at radius 1 is 1.00 bits per heavy atom. The van der Waals surface area contributed by atoms with Crippen LogP contribution >= 0.6 is 0 Å². The Balaban J connectivity index is 4.13. The Hall–Kier alpha value is -0.240. The van der Waals surface area contributed by atoms with Gasteiger partial charge in [0, 0.05) is 0 Å². The van der Waals surface area contributed by atoms with Gasteiger partial charge >= 0.3 is 0 Å². The fourth-order valence-corrected chi connectivity index (χ4v) is 0.654. The van der Waals surface area contributed by atoms with Crippen molar-refractivity contribution in [1.29, 1.82) is 0 Å². The highest BCUT2D eigenvalue weighted by molar-refractivity contribution is 4.94. The highest BCUT2D eigenvalue weighted by Gasteiger charge is 2.29. The molecule has 6 nitrogen and oxygen atoms in total. The van der Waals surface area contributed by atoms with E-state index in [1.54, 1.807) is 6.92 Å². The first-order chi connectivity index (χ1) is 4.76. The third-order valence-corrected chi connectivity index (χ3v) is 1.58. The minimum Gasteiger partial charge on any atom is -0.324 e. The van der Waals surface area contributed by atoms with Gasteiger partial charge in [-0.15, -0.1) is 0 Å². The van der Waals surface area contributed by atoms with Crippen molar-refractivity contribution >= 4 is 0 Å². The molecule has 6 heteroatoms.